The number of H-pyrrole nitrogens is 1. The first kappa shape index (κ1) is 20.0. The number of nitrogens with zero attached hydrogens (tertiary/aromatic N) is 1. The van der Waals surface area contributed by atoms with Gasteiger partial charge in [0.2, 0.25) is 5.85 Å². The van der Waals surface area contributed by atoms with Crippen molar-refractivity contribution in [3.05, 3.63) is 61.4 Å². The number of hydrogen-bond acceptors (Lipinski definition) is 9. The molecule has 1 aromatic heterocycles. The van der Waals surface area contributed by atoms with E-state index in [1.807, 2.05) is 11.9 Å². The third-order valence-electron chi connectivity index (χ3n) is 4.89. The molecule has 0 amide bonds. The van der Waals surface area contributed by atoms with Gasteiger partial charge in [-0.15, -0.1) is 0 Å². The molecule has 4 atom stereocenters. The van der Waals surface area contributed by atoms with Crippen molar-refractivity contribution in [2.75, 3.05) is 6.56 Å². The number of rotatable bonds is 5. The third kappa shape index (κ3) is 4.19. The molecule has 1 unspecified atom stereocenters. The van der Waals surface area contributed by atoms with Crippen LogP contribution < -0.4 is 15.8 Å². The van der Waals surface area contributed by atoms with Gasteiger partial charge in [-0.05, 0) is 19.4 Å². The number of carbonyl (C=O) groups is 1. The monoisotopic (exact) mass is 472 g/mol. The molecule has 0 radical (unpaired) electrons. The van der Waals surface area contributed by atoms with Crippen LogP contribution in [0, 0.1) is 13.8 Å². The lowest BCUT2D eigenvalue weighted by molar-refractivity contribution is -0.179. The maximum atomic E-state index is 15.7. The molecule has 2 aliphatic rings. The van der Waals surface area contributed by atoms with Crippen LogP contribution in [0.15, 0.2) is 27.9 Å². The van der Waals surface area contributed by atoms with E-state index in [2.05, 4.69) is 0 Å². The molecule has 1 aromatic carbocycles. The molecule has 2 N–H and O–H groups in total. The first-order valence-corrected chi connectivity index (χ1v) is 10.8. The van der Waals surface area contributed by atoms with Crippen molar-refractivity contribution in [1.82, 2.24) is 9.55 Å². The zero-order chi connectivity index (χ0) is 25.1. The van der Waals surface area contributed by atoms with Crippen LogP contribution in [0.4, 0.5) is 4.39 Å². The minimum absolute atomic E-state index is 0.131. The molecule has 2 aromatic rings. The molecule has 0 saturated carbocycles. The van der Waals surface area contributed by atoms with Crippen LogP contribution in [0.1, 0.15) is 42.4 Å². The van der Waals surface area contributed by atoms with Crippen LogP contribution in [-0.2, 0) is 25.0 Å². The van der Waals surface area contributed by atoms with Crippen LogP contribution in [-0.4, -0.2) is 39.5 Å². The topological polar surface area (TPSA) is 146 Å². The Labute approximate surface area is 183 Å². The number of aromatic nitrogens is 2. The van der Waals surface area contributed by atoms with Gasteiger partial charge in [0.25, 0.3) is 5.56 Å². The molecule has 11 nitrogen and oxygen atoms in total. The standard InChI is InChI=1S/C19H20FN2O9P/c1-10-3-11(2)15-12(4-10)8-28-32(27,31-15)29-9-19(20)5-14(24)17(30-19)22-6-13(7-23)16(25)21-18(22)26/h3-4,6-7,14,17,24H,5,8-9H2,1-2H3,(H,21,25,26)/t14-,17-,19+,32?/m1/s1/i9D2. The van der Waals surface area contributed by atoms with Crippen LogP contribution in [0.3, 0.4) is 0 Å². The Kier molecular flexibility index (Phi) is 5.04. The molecule has 0 bridgehead atoms. The number of aliphatic hydroxyl groups is 1. The summed E-state index contributed by atoms with van der Waals surface area (Å²) >= 11 is 0. The highest BCUT2D eigenvalue weighted by Crippen LogP contribution is 2.56. The fourth-order valence-corrected chi connectivity index (χ4v) is 4.68. The van der Waals surface area contributed by atoms with Crippen molar-refractivity contribution in [3.63, 3.8) is 0 Å². The Bertz CT molecular complexity index is 1330. The number of aldehydes is 1. The lowest BCUT2D eigenvalue weighted by Gasteiger charge is -2.28. The Morgan fingerprint density at radius 3 is 2.94 bits per heavy atom. The summed E-state index contributed by atoms with van der Waals surface area (Å²) in [6.45, 7) is -0.247. The van der Waals surface area contributed by atoms with Crippen LogP contribution in [0.25, 0.3) is 0 Å². The largest absolute Gasteiger partial charge is 0.530 e. The highest BCUT2D eigenvalue weighted by atomic mass is 31.2. The number of halogens is 1. The number of phosphoric ester groups is 1. The third-order valence-corrected chi connectivity index (χ3v) is 6.06. The van der Waals surface area contributed by atoms with E-state index < -0.39 is 55.8 Å². The van der Waals surface area contributed by atoms with Crippen molar-refractivity contribution in [1.29, 1.82) is 0 Å². The molecule has 32 heavy (non-hydrogen) atoms. The number of nitrogens with one attached hydrogen (secondary N) is 1. The number of fused-ring (bicyclic) bond motifs is 1. The Balaban J connectivity index is 1.60. The number of carbonyl (C=O) groups excluding carboxylic acids is 1. The number of aromatic amines is 1. The second-order valence-corrected chi connectivity index (χ2v) is 8.97. The van der Waals surface area contributed by atoms with Gasteiger partial charge in [0.1, 0.15) is 18.4 Å². The number of aliphatic hydroxyl groups excluding tert-OH is 1. The summed E-state index contributed by atoms with van der Waals surface area (Å²) in [6, 6.07) is 3.45. The smallest absolute Gasteiger partial charge is 0.403 e. The zero-order valence-corrected chi connectivity index (χ0v) is 17.8. The predicted octanol–water partition coefficient (Wildman–Crippen LogP) is 1.65. The molecule has 0 spiro atoms. The molecule has 4 rings (SSSR count). The quantitative estimate of drug-likeness (QED) is 0.490. The van der Waals surface area contributed by atoms with Gasteiger partial charge in [0.15, 0.2) is 12.5 Å². The predicted molar refractivity (Wildman–Crippen MR) is 106 cm³/mol. The first-order chi connectivity index (χ1) is 15.8. The van der Waals surface area contributed by atoms with Gasteiger partial charge in [-0.25, -0.2) is 13.8 Å². The highest BCUT2D eigenvalue weighted by Gasteiger charge is 2.50. The van der Waals surface area contributed by atoms with E-state index in [9.17, 15) is 24.1 Å². The van der Waals surface area contributed by atoms with Crippen molar-refractivity contribution < 1.29 is 39.9 Å². The van der Waals surface area contributed by atoms with Crippen LogP contribution >= 0.6 is 7.82 Å². The number of benzene rings is 1. The lowest BCUT2D eigenvalue weighted by atomic mass is 10.1. The molecule has 1 fully saturated rings. The number of aryl methyl sites for hydroxylation is 2. The maximum Gasteiger partial charge on any atom is 0.530 e. The molecule has 1 saturated heterocycles. The number of phosphoric acid groups is 1. The van der Waals surface area contributed by atoms with Gasteiger partial charge in [0, 0.05) is 18.2 Å². The fraction of sp³-hybridized carbons (Fsp3) is 0.421. The van der Waals surface area contributed by atoms with Crippen molar-refractivity contribution in [2.45, 2.75) is 45.1 Å². The van der Waals surface area contributed by atoms with Crippen LogP contribution in [0.5, 0.6) is 5.75 Å². The van der Waals surface area contributed by atoms with Gasteiger partial charge in [-0.2, -0.15) is 0 Å². The van der Waals surface area contributed by atoms with Gasteiger partial charge < -0.3 is 14.4 Å². The molecule has 3 heterocycles. The Hall–Kier alpha value is -2.63. The average Bonchev–Trinajstić information content (AvgIpc) is 3.04. The van der Waals surface area contributed by atoms with E-state index in [1.165, 1.54) is 0 Å². The number of alkyl halides is 1. The van der Waals surface area contributed by atoms with E-state index in [0.717, 1.165) is 11.8 Å². The molecular weight excluding hydrogens is 450 g/mol. The van der Waals surface area contributed by atoms with Crippen molar-refractivity contribution in [3.8, 4) is 5.75 Å². The van der Waals surface area contributed by atoms with Crippen molar-refractivity contribution in [2.24, 2.45) is 0 Å². The summed E-state index contributed by atoms with van der Waals surface area (Å²) < 4.78 is 65.6. The van der Waals surface area contributed by atoms with E-state index >= 15 is 4.39 Å². The zero-order valence-electron chi connectivity index (χ0n) is 18.9. The summed E-state index contributed by atoms with van der Waals surface area (Å²) in [7, 11) is -4.68. The molecular formula is C19H20FN2O9P. The summed E-state index contributed by atoms with van der Waals surface area (Å²) in [4.78, 5) is 36.5. The highest BCUT2D eigenvalue weighted by molar-refractivity contribution is 7.49. The van der Waals surface area contributed by atoms with Crippen LogP contribution in [0.2, 0.25) is 0 Å². The molecule has 0 aliphatic carbocycles. The molecule has 13 heteroatoms. The summed E-state index contributed by atoms with van der Waals surface area (Å²) in [6.07, 6.45) is -3.84. The van der Waals surface area contributed by atoms with E-state index in [-0.39, 0.29) is 18.6 Å². The number of ether oxygens (including phenoxy) is 1. The first-order valence-electron chi connectivity index (χ1n) is 10.4. The van der Waals surface area contributed by atoms with Gasteiger partial charge in [-0.3, -0.25) is 28.2 Å². The summed E-state index contributed by atoms with van der Waals surface area (Å²) in [5, 5.41) is 10.3. The van der Waals surface area contributed by atoms with E-state index in [0.29, 0.717) is 15.7 Å². The average molecular weight is 472 g/mol. The van der Waals surface area contributed by atoms with Crippen molar-refractivity contribution >= 4 is 14.1 Å². The fourth-order valence-electron chi connectivity index (χ4n) is 3.51. The molecule has 2 aliphatic heterocycles. The normalized spacial score (nSPS) is 30.8. The lowest BCUT2D eigenvalue weighted by Crippen LogP contribution is -2.37. The minimum Gasteiger partial charge on any atom is -0.403 e. The SMILES string of the molecule is [2H]C([2H])(OP1(=O)OCc2cc(C)cc(C)c2O1)[C@]1(F)C[C@@H](O)[C@H](n2cc(C=O)c(=O)[nH]c2=O)O1. The second kappa shape index (κ2) is 8.05. The van der Waals surface area contributed by atoms with Gasteiger partial charge >= 0.3 is 13.5 Å². The maximum absolute atomic E-state index is 15.7. The van der Waals surface area contributed by atoms with E-state index in [1.54, 1.807) is 19.1 Å². The Morgan fingerprint density at radius 1 is 1.47 bits per heavy atom. The minimum atomic E-state index is -4.68. The number of hydrogen-bond donors (Lipinski definition) is 2. The summed E-state index contributed by atoms with van der Waals surface area (Å²) in [5.41, 5.74) is -0.658. The second-order valence-electron chi connectivity index (χ2n) is 7.45. The van der Waals surface area contributed by atoms with E-state index in [4.69, 9.17) is 21.0 Å². The van der Waals surface area contributed by atoms with Gasteiger partial charge in [0.05, 0.1) is 14.9 Å². The summed E-state index contributed by atoms with van der Waals surface area (Å²) in [5.74, 6) is -3.28. The Morgan fingerprint density at radius 2 is 2.22 bits per heavy atom. The van der Waals surface area contributed by atoms with Gasteiger partial charge in [-0.1, -0.05) is 17.7 Å². The molecule has 172 valence electrons.